The molecule has 5 heteroatoms. The number of hydrogen-bond donors (Lipinski definition) is 3. The fourth-order valence-corrected chi connectivity index (χ4v) is 1.80. The summed E-state index contributed by atoms with van der Waals surface area (Å²) in [5.41, 5.74) is 0.681. The zero-order chi connectivity index (χ0) is 14.5. The van der Waals surface area contributed by atoms with Crippen LogP contribution in [0.2, 0.25) is 0 Å². The average molecular weight is 271 g/mol. The molecule has 0 radical (unpaired) electrons. The highest BCUT2D eigenvalue weighted by Gasteiger charge is 2.22. The average Bonchev–Trinajstić information content (AvgIpc) is 2.45. The molecule has 3 N–H and O–H groups in total. The van der Waals surface area contributed by atoms with Crippen molar-refractivity contribution in [3.8, 4) is 5.75 Å². The normalized spacial score (nSPS) is 11.6. The topological polar surface area (TPSA) is 86.6 Å². The largest absolute Gasteiger partial charge is 0.508 e. The van der Waals surface area contributed by atoms with Gasteiger partial charge in [0.25, 0.3) is 5.91 Å². The Kier molecular flexibility index (Phi) is 4.00. The number of carbonyl (C=O) groups excluding carboxylic acids is 1. The van der Waals surface area contributed by atoms with E-state index in [2.05, 4.69) is 5.32 Å². The Morgan fingerprint density at radius 1 is 1.00 bits per heavy atom. The van der Waals surface area contributed by atoms with E-state index in [1.807, 2.05) is 0 Å². The second kappa shape index (κ2) is 5.88. The summed E-state index contributed by atoms with van der Waals surface area (Å²) in [6.45, 7) is 0. The van der Waals surface area contributed by atoms with Gasteiger partial charge in [-0.15, -0.1) is 0 Å². The van der Waals surface area contributed by atoms with Gasteiger partial charge in [0.2, 0.25) is 0 Å². The number of phenols is 1. The molecule has 0 aliphatic carbocycles. The molecule has 0 aromatic heterocycles. The number of phenolic OH excluding ortho intramolecular Hbond substituents is 1. The van der Waals surface area contributed by atoms with Crippen LogP contribution in [-0.2, 0) is 4.79 Å². The summed E-state index contributed by atoms with van der Waals surface area (Å²) >= 11 is 0. The highest BCUT2D eigenvalue weighted by Crippen LogP contribution is 2.19. The minimum absolute atomic E-state index is 0.0530. The maximum Gasteiger partial charge on any atom is 0.330 e. The van der Waals surface area contributed by atoms with Crippen molar-refractivity contribution in [1.29, 1.82) is 0 Å². The van der Waals surface area contributed by atoms with E-state index >= 15 is 0 Å². The number of nitrogens with one attached hydrogen (secondary N) is 1. The lowest BCUT2D eigenvalue weighted by molar-refractivity contribution is -0.139. The summed E-state index contributed by atoms with van der Waals surface area (Å²) in [6.07, 6.45) is 0. The van der Waals surface area contributed by atoms with E-state index in [1.54, 1.807) is 30.3 Å². The number of aliphatic carboxylic acids is 1. The maximum absolute atomic E-state index is 12.0. The van der Waals surface area contributed by atoms with Crippen molar-refractivity contribution in [3.05, 3.63) is 65.7 Å². The minimum atomic E-state index is -1.21. The highest BCUT2D eigenvalue weighted by atomic mass is 16.4. The molecule has 0 spiro atoms. The molecule has 1 unspecified atom stereocenters. The number of aromatic hydroxyl groups is 1. The van der Waals surface area contributed by atoms with Gasteiger partial charge in [-0.3, -0.25) is 4.79 Å². The van der Waals surface area contributed by atoms with Crippen LogP contribution in [0.1, 0.15) is 22.0 Å². The highest BCUT2D eigenvalue weighted by molar-refractivity contribution is 5.96. The van der Waals surface area contributed by atoms with Gasteiger partial charge < -0.3 is 15.5 Å². The summed E-state index contributed by atoms with van der Waals surface area (Å²) in [4.78, 5) is 23.3. The molecule has 5 nitrogen and oxygen atoms in total. The van der Waals surface area contributed by atoms with Crippen molar-refractivity contribution < 1.29 is 19.8 Å². The molecule has 1 amide bonds. The zero-order valence-electron chi connectivity index (χ0n) is 10.5. The Labute approximate surface area is 115 Å². The Morgan fingerprint density at radius 3 is 2.30 bits per heavy atom. The molecule has 2 aromatic carbocycles. The maximum atomic E-state index is 12.0. The predicted molar refractivity (Wildman–Crippen MR) is 72.4 cm³/mol. The molecular weight excluding hydrogens is 258 g/mol. The first-order valence-electron chi connectivity index (χ1n) is 5.95. The third kappa shape index (κ3) is 3.14. The summed E-state index contributed by atoms with van der Waals surface area (Å²) in [6, 6.07) is 12.9. The van der Waals surface area contributed by atoms with Crippen LogP contribution in [0.5, 0.6) is 5.75 Å². The fourth-order valence-electron chi connectivity index (χ4n) is 1.80. The number of benzene rings is 2. The number of carbonyl (C=O) groups is 2. The van der Waals surface area contributed by atoms with E-state index < -0.39 is 17.9 Å². The number of carboxylic acid groups (broad SMARTS) is 1. The molecule has 2 aromatic rings. The lowest BCUT2D eigenvalue weighted by Gasteiger charge is -2.15. The van der Waals surface area contributed by atoms with Crippen LogP contribution >= 0.6 is 0 Å². The van der Waals surface area contributed by atoms with Crippen LogP contribution in [0.3, 0.4) is 0 Å². The second-order valence-electron chi connectivity index (χ2n) is 4.21. The van der Waals surface area contributed by atoms with E-state index in [4.69, 9.17) is 0 Å². The Bertz CT molecular complexity index is 625. The minimum Gasteiger partial charge on any atom is -0.508 e. The van der Waals surface area contributed by atoms with E-state index in [1.165, 1.54) is 24.3 Å². The smallest absolute Gasteiger partial charge is 0.330 e. The molecule has 1 atom stereocenters. The lowest BCUT2D eigenvalue weighted by Crippen LogP contribution is -2.33. The van der Waals surface area contributed by atoms with Crippen molar-refractivity contribution in [2.45, 2.75) is 6.04 Å². The Morgan fingerprint density at radius 2 is 1.70 bits per heavy atom. The van der Waals surface area contributed by atoms with E-state index in [9.17, 15) is 19.8 Å². The van der Waals surface area contributed by atoms with Crippen LogP contribution < -0.4 is 5.32 Å². The van der Waals surface area contributed by atoms with Gasteiger partial charge in [0, 0.05) is 5.56 Å². The SMILES string of the molecule is O=C(NC(C(=O)O)c1cccc(O)c1)c1ccccc1. The van der Waals surface area contributed by atoms with Gasteiger partial charge in [-0.25, -0.2) is 4.79 Å². The predicted octanol–water partition coefficient (Wildman–Crippen LogP) is 1.95. The van der Waals surface area contributed by atoms with Gasteiger partial charge in [0.05, 0.1) is 0 Å². The van der Waals surface area contributed by atoms with Gasteiger partial charge in [-0.1, -0.05) is 30.3 Å². The first-order chi connectivity index (χ1) is 9.58. The third-order valence-corrected chi connectivity index (χ3v) is 2.76. The van der Waals surface area contributed by atoms with E-state index in [0.717, 1.165) is 0 Å². The Balaban J connectivity index is 2.23. The number of carboxylic acids is 1. The fraction of sp³-hybridized carbons (Fsp3) is 0.0667. The monoisotopic (exact) mass is 271 g/mol. The first-order valence-corrected chi connectivity index (χ1v) is 5.95. The molecule has 20 heavy (non-hydrogen) atoms. The van der Waals surface area contributed by atoms with Gasteiger partial charge in [0.15, 0.2) is 6.04 Å². The molecule has 0 fully saturated rings. The summed E-state index contributed by atoms with van der Waals surface area (Å²) in [5, 5.41) is 21.0. The Hall–Kier alpha value is -2.82. The third-order valence-electron chi connectivity index (χ3n) is 2.76. The van der Waals surface area contributed by atoms with Crippen LogP contribution in [0.4, 0.5) is 0 Å². The van der Waals surface area contributed by atoms with Gasteiger partial charge >= 0.3 is 5.97 Å². The molecular formula is C15H13NO4. The molecule has 0 bridgehead atoms. The van der Waals surface area contributed by atoms with Crippen molar-refractivity contribution in [2.75, 3.05) is 0 Å². The first kappa shape index (κ1) is 13.6. The second-order valence-corrected chi connectivity index (χ2v) is 4.21. The van der Waals surface area contributed by atoms with E-state index in [0.29, 0.717) is 11.1 Å². The summed E-state index contributed by atoms with van der Waals surface area (Å²) < 4.78 is 0. The molecule has 102 valence electrons. The van der Waals surface area contributed by atoms with Crippen molar-refractivity contribution in [1.82, 2.24) is 5.32 Å². The molecule has 0 heterocycles. The zero-order valence-corrected chi connectivity index (χ0v) is 10.5. The lowest BCUT2D eigenvalue weighted by atomic mass is 10.1. The number of hydrogen-bond acceptors (Lipinski definition) is 3. The molecule has 0 aliphatic rings. The molecule has 0 saturated heterocycles. The molecule has 0 saturated carbocycles. The van der Waals surface area contributed by atoms with Gasteiger partial charge in [-0.05, 0) is 29.8 Å². The van der Waals surface area contributed by atoms with Crippen LogP contribution in [-0.4, -0.2) is 22.1 Å². The van der Waals surface area contributed by atoms with E-state index in [-0.39, 0.29) is 5.75 Å². The van der Waals surface area contributed by atoms with Crippen LogP contribution in [0, 0.1) is 0 Å². The standard InChI is InChI=1S/C15H13NO4/c17-12-8-4-7-11(9-12)13(15(19)20)16-14(18)10-5-2-1-3-6-10/h1-9,13,17H,(H,16,18)(H,19,20). The van der Waals surface area contributed by atoms with Crippen molar-refractivity contribution in [3.63, 3.8) is 0 Å². The van der Waals surface area contributed by atoms with Crippen molar-refractivity contribution >= 4 is 11.9 Å². The van der Waals surface area contributed by atoms with Crippen LogP contribution in [0.25, 0.3) is 0 Å². The molecule has 0 aliphatic heterocycles. The van der Waals surface area contributed by atoms with Crippen molar-refractivity contribution in [2.24, 2.45) is 0 Å². The number of rotatable bonds is 4. The summed E-state index contributed by atoms with van der Waals surface area (Å²) in [5.74, 6) is -1.73. The van der Waals surface area contributed by atoms with Crippen LogP contribution in [0.15, 0.2) is 54.6 Å². The summed E-state index contributed by atoms with van der Waals surface area (Å²) in [7, 11) is 0. The number of amides is 1. The molecule has 2 rings (SSSR count). The van der Waals surface area contributed by atoms with Gasteiger partial charge in [0.1, 0.15) is 5.75 Å². The van der Waals surface area contributed by atoms with Gasteiger partial charge in [-0.2, -0.15) is 0 Å². The quantitative estimate of drug-likeness (QED) is 0.793.